The zero-order chi connectivity index (χ0) is 16.2. The third-order valence-corrected chi connectivity index (χ3v) is 3.70. The van der Waals surface area contributed by atoms with Crippen molar-refractivity contribution in [2.75, 3.05) is 23.3 Å². The Kier molecular flexibility index (Phi) is 4.36. The standard InChI is InChI=1S/C16H16F2N4O/c17-13-4-1-5-14(18)15(13)22-8-6-12(10-22)21-16(23)20-11-3-2-7-19-9-11/h1-5,7,9,12H,6,8,10H2,(H2,20,21,23). The number of rotatable bonds is 3. The molecule has 0 aliphatic carbocycles. The van der Waals surface area contributed by atoms with E-state index >= 15 is 0 Å². The van der Waals surface area contributed by atoms with Crippen LogP contribution >= 0.6 is 0 Å². The van der Waals surface area contributed by atoms with E-state index < -0.39 is 11.6 Å². The van der Waals surface area contributed by atoms with Crippen molar-refractivity contribution in [1.29, 1.82) is 0 Å². The molecule has 0 saturated carbocycles. The average Bonchev–Trinajstić information content (AvgIpc) is 2.96. The molecule has 1 unspecified atom stereocenters. The predicted octanol–water partition coefficient (Wildman–Crippen LogP) is 2.76. The Hall–Kier alpha value is -2.70. The number of pyridine rings is 1. The van der Waals surface area contributed by atoms with E-state index in [4.69, 9.17) is 0 Å². The second-order valence-corrected chi connectivity index (χ2v) is 5.34. The summed E-state index contributed by atoms with van der Waals surface area (Å²) in [4.78, 5) is 17.4. The fourth-order valence-corrected chi connectivity index (χ4v) is 2.66. The molecule has 2 aromatic rings. The highest BCUT2D eigenvalue weighted by atomic mass is 19.1. The van der Waals surface area contributed by atoms with E-state index in [1.165, 1.54) is 24.4 Å². The number of urea groups is 1. The van der Waals surface area contributed by atoms with Crippen molar-refractivity contribution >= 4 is 17.4 Å². The van der Waals surface area contributed by atoms with Crippen LogP contribution in [0.25, 0.3) is 0 Å². The van der Waals surface area contributed by atoms with Gasteiger partial charge >= 0.3 is 6.03 Å². The molecule has 1 aliphatic heterocycles. The zero-order valence-electron chi connectivity index (χ0n) is 12.3. The molecule has 23 heavy (non-hydrogen) atoms. The van der Waals surface area contributed by atoms with Crippen LogP contribution in [0.5, 0.6) is 0 Å². The van der Waals surface area contributed by atoms with Crippen LogP contribution in [0, 0.1) is 11.6 Å². The van der Waals surface area contributed by atoms with Crippen molar-refractivity contribution in [3.05, 3.63) is 54.4 Å². The summed E-state index contributed by atoms with van der Waals surface area (Å²) in [6.07, 6.45) is 3.77. The largest absolute Gasteiger partial charge is 0.365 e. The summed E-state index contributed by atoms with van der Waals surface area (Å²) >= 11 is 0. The minimum absolute atomic E-state index is 0.0375. The van der Waals surface area contributed by atoms with Gasteiger partial charge in [-0.25, -0.2) is 13.6 Å². The lowest BCUT2D eigenvalue weighted by atomic mass is 10.2. The molecule has 0 spiro atoms. The Morgan fingerprint density at radius 1 is 1.22 bits per heavy atom. The van der Waals surface area contributed by atoms with Crippen molar-refractivity contribution in [2.45, 2.75) is 12.5 Å². The van der Waals surface area contributed by atoms with Gasteiger partial charge in [-0.2, -0.15) is 0 Å². The molecule has 3 rings (SSSR count). The highest BCUT2D eigenvalue weighted by Gasteiger charge is 2.27. The van der Waals surface area contributed by atoms with Gasteiger partial charge in [0.1, 0.15) is 17.3 Å². The second kappa shape index (κ2) is 6.60. The first kappa shape index (κ1) is 15.2. The summed E-state index contributed by atoms with van der Waals surface area (Å²) in [5, 5.41) is 5.47. The molecule has 120 valence electrons. The summed E-state index contributed by atoms with van der Waals surface area (Å²) in [5.74, 6) is -1.18. The summed E-state index contributed by atoms with van der Waals surface area (Å²) in [7, 11) is 0. The van der Waals surface area contributed by atoms with E-state index in [0.29, 0.717) is 25.2 Å². The first-order chi connectivity index (χ1) is 11.1. The van der Waals surface area contributed by atoms with Gasteiger partial charge in [0.05, 0.1) is 11.9 Å². The smallest absolute Gasteiger partial charge is 0.319 e. The summed E-state index contributed by atoms with van der Waals surface area (Å²) in [6, 6.07) is 6.70. The Morgan fingerprint density at radius 3 is 2.70 bits per heavy atom. The summed E-state index contributed by atoms with van der Waals surface area (Å²) < 4.78 is 27.6. The first-order valence-electron chi connectivity index (χ1n) is 7.30. The van der Waals surface area contributed by atoms with Crippen molar-refractivity contribution in [1.82, 2.24) is 10.3 Å². The number of hydrogen-bond donors (Lipinski definition) is 2. The van der Waals surface area contributed by atoms with Gasteiger partial charge in [-0.3, -0.25) is 4.98 Å². The molecule has 1 saturated heterocycles. The third kappa shape index (κ3) is 3.56. The van der Waals surface area contributed by atoms with Crippen LogP contribution in [0.1, 0.15) is 6.42 Å². The molecule has 1 atom stereocenters. The van der Waals surface area contributed by atoms with E-state index in [1.54, 1.807) is 23.2 Å². The number of benzene rings is 1. The lowest BCUT2D eigenvalue weighted by Crippen LogP contribution is -2.39. The van der Waals surface area contributed by atoms with E-state index in [0.717, 1.165) is 0 Å². The number of carbonyl (C=O) groups is 1. The number of halogens is 2. The molecule has 2 amide bonds. The lowest BCUT2D eigenvalue weighted by molar-refractivity contribution is 0.249. The average molecular weight is 318 g/mol. The Labute approximate surface area is 132 Å². The number of nitrogens with one attached hydrogen (secondary N) is 2. The molecule has 2 N–H and O–H groups in total. The van der Waals surface area contributed by atoms with Gasteiger partial charge in [-0.05, 0) is 30.7 Å². The molecular formula is C16H16F2N4O. The molecule has 2 heterocycles. The monoisotopic (exact) mass is 318 g/mol. The van der Waals surface area contributed by atoms with Gasteiger partial charge in [0.25, 0.3) is 0 Å². The lowest BCUT2D eigenvalue weighted by Gasteiger charge is -2.20. The predicted molar refractivity (Wildman–Crippen MR) is 83.4 cm³/mol. The van der Waals surface area contributed by atoms with Gasteiger partial charge < -0.3 is 15.5 Å². The van der Waals surface area contributed by atoms with E-state index in [2.05, 4.69) is 15.6 Å². The molecule has 0 radical (unpaired) electrons. The highest BCUT2D eigenvalue weighted by Crippen LogP contribution is 2.26. The fraction of sp³-hybridized carbons (Fsp3) is 0.250. The van der Waals surface area contributed by atoms with E-state index in [9.17, 15) is 13.6 Å². The van der Waals surface area contributed by atoms with Gasteiger partial charge in [-0.1, -0.05) is 6.07 Å². The molecule has 1 aliphatic rings. The molecular weight excluding hydrogens is 302 g/mol. The van der Waals surface area contributed by atoms with Crippen LogP contribution in [-0.4, -0.2) is 30.1 Å². The number of amides is 2. The quantitative estimate of drug-likeness (QED) is 0.915. The van der Waals surface area contributed by atoms with Crippen LogP contribution in [0.4, 0.5) is 25.0 Å². The van der Waals surface area contributed by atoms with E-state index in [1.807, 2.05) is 0 Å². The molecule has 0 bridgehead atoms. The molecule has 1 fully saturated rings. The van der Waals surface area contributed by atoms with Crippen molar-refractivity contribution in [3.8, 4) is 0 Å². The van der Waals surface area contributed by atoms with Gasteiger partial charge in [0.2, 0.25) is 0 Å². The van der Waals surface area contributed by atoms with Crippen LogP contribution in [0.2, 0.25) is 0 Å². The van der Waals surface area contributed by atoms with Crippen molar-refractivity contribution in [3.63, 3.8) is 0 Å². The molecule has 1 aromatic carbocycles. The van der Waals surface area contributed by atoms with Crippen LogP contribution in [0.15, 0.2) is 42.7 Å². The maximum Gasteiger partial charge on any atom is 0.319 e. The number of anilines is 2. The van der Waals surface area contributed by atoms with Gasteiger partial charge in [-0.15, -0.1) is 0 Å². The van der Waals surface area contributed by atoms with Crippen LogP contribution in [-0.2, 0) is 0 Å². The highest BCUT2D eigenvalue weighted by molar-refractivity contribution is 5.89. The molecule has 7 heteroatoms. The topological polar surface area (TPSA) is 57.3 Å². The van der Waals surface area contributed by atoms with Gasteiger partial charge in [0, 0.05) is 25.3 Å². The van der Waals surface area contributed by atoms with Crippen molar-refractivity contribution in [2.24, 2.45) is 0 Å². The maximum atomic E-state index is 13.8. The molecule has 5 nitrogen and oxygen atoms in total. The van der Waals surface area contributed by atoms with E-state index in [-0.39, 0.29) is 17.8 Å². The van der Waals surface area contributed by atoms with Crippen LogP contribution in [0.3, 0.4) is 0 Å². The minimum Gasteiger partial charge on any atom is -0.365 e. The van der Waals surface area contributed by atoms with Gasteiger partial charge in [0.15, 0.2) is 0 Å². The normalized spacial score (nSPS) is 17.1. The Morgan fingerprint density at radius 2 is 2.00 bits per heavy atom. The third-order valence-electron chi connectivity index (χ3n) is 3.70. The van der Waals surface area contributed by atoms with Crippen molar-refractivity contribution < 1.29 is 13.6 Å². The number of para-hydroxylation sites is 1. The number of carbonyl (C=O) groups excluding carboxylic acids is 1. The van der Waals surface area contributed by atoms with Crippen LogP contribution < -0.4 is 15.5 Å². The summed E-state index contributed by atoms with van der Waals surface area (Å²) in [6.45, 7) is 0.841. The SMILES string of the molecule is O=C(Nc1cccnc1)NC1CCN(c2c(F)cccc2F)C1. The zero-order valence-corrected chi connectivity index (χ0v) is 12.3. The minimum atomic E-state index is -0.592. The number of nitrogens with zero attached hydrogens (tertiary/aromatic N) is 2. The summed E-state index contributed by atoms with van der Waals surface area (Å²) in [5.41, 5.74) is 0.546. The second-order valence-electron chi connectivity index (χ2n) is 5.34. The molecule has 1 aromatic heterocycles. The number of aromatic nitrogens is 1. The number of hydrogen-bond acceptors (Lipinski definition) is 3. The Bertz CT molecular complexity index is 675. The maximum absolute atomic E-state index is 13.8. The Balaban J connectivity index is 1.59. The fourth-order valence-electron chi connectivity index (χ4n) is 2.66. The first-order valence-corrected chi connectivity index (χ1v) is 7.30.